The Balaban J connectivity index is 4.39. The van der Waals surface area contributed by atoms with E-state index in [1.54, 1.807) is 20.8 Å². The van der Waals surface area contributed by atoms with Crippen LogP contribution in [0.2, 0.25) is 0 Å². The molecule has 0 amide bonds. The minimum absolute atomic E-state index is 0.222. The fourth-order valence-electron chi connectivity index (χ4n) is 0.854. The third-order valence-corrected chi connectivity index (χ3v) is 1.98. The predicted molar refractivity (Wildman–Crippen MR) is 48.8 cm³/mol. The molecule has 2 unspecified atom stereocenters. The number of ketones is 1. The summed E-state index contributed by atoms with van der Waals surface area (Å²) in [6.45, 7) is 4.92. The van der Waals surface area contributed by atoms with Crippen LogP contribution >= 0.6 is 0 Å². The average molecular weight is 182 g/mol. The van der Waals surface area contributed by atoms with Crippen LogP contribution < -0.4 is 0 Å². The summed E-state index contributed by atoms with van der Waals surface area (Å²) in [6.07, 6.45) is 0. The Bertz CT molecular complexity index is 257. The lowest BCUT2D eigenvalue weighted by atomic mass is 9.92. The first-order valence-electron chi connectivity index (χ1n) is 4.09. The van der Waals surface area contributed by atoms with Crippen LogP contribution in [-0.2, 0) is 14.3 Å². The Morgan fingerprint density at radius 2 is 1.77 bits per heavy atom. The van der Waals surface area contributed by atoms with Gasteiger partial charge in [-0.3, -0.25) is 9.59 Å². The molecule has 0 aromatic rings. The molecule has 0 spiro atoms. The maximum atomic E-state index is 11.2. The fourth-order valence-corrected chi connectivity index (χ4v) is 0.854. The third-order valence-electron chi connectivity index (χ3n) is 1.98. The van der Waals surface area contributed by atoms with E-state index in [1.165, 1.54) is 7.11 Å². The summed E-state index contributed by atoms with van der Waals surface area (Å²) < 4.78 is 4.52. The zero-order valence-corrected chi connectivity index (χ0v) is 8.38. The molecule has 0 bridgehead atoms. The van der Waals surface area contributed by atoms with Crippen LogP contribution in [0, 0.1) is 23.7 Å². The highest BCUT2D eigenvalue weighted by Gasteiger charge is 2.25. The van der Waals surface area contributed by atoms with E-state index in [-0.39, 0.29) is 11.8 Å². The SMILES string of the molecule is CC#CC(=O)C(C)C(C)C(=O)OC. The van der Waals surface area contributed by atoms with Gasteiger partial charge in [-0.2, -0.15) is 0 Å². The van der Waals surface area contributed by atoms with Gasteiger partial charge in [-0.15, -0.1) is 0 Å². The minimum Gasteiger partial charge on any atom is -0.469 e. The smallest absolute Gasteiger partial charge is 0.309 e. The number of carbonyl (C=O) groups excluding carboxylic acids is 2. The van der Waals surface area contributed by atoms with Crippen LogP contribution in [0.3, 0.4) is 0 Å². The second kappa shape index (κ2) is 5.36. The normalized spacial score (nSPS) is 13.5. The standard InChI is InChI=1S/C10H14O3/c1-5-6-9(11)7(2)8(3)10(12)13-4/h7-8H,1-4H3. The first-order chi connectivity index (χ1) is 6.04. The molecule has 0 aromatic carbocycles. The topological polar surface area (TPSA) is 43.4 Å². The molecular weight excluding hydrogens is 168 g/mol. The van der Waals surface area contributed by atoms with E-state index >= 15 is 0 Å². The van der Waals surface area contributed by atoms with Crippen molar-refractivity contribution >= 4 is 11.8 Å². The molecule has 0 rings (SSSR count). The van der Waals surface area contributed by atoms with Crippen molar-refractivity contribution in [3.8, 4) is 11.8 Å². The molecule has 0 aliphatic heterocycles. The van der Waals surface area contributed by atoms with Crippen LogP contribution in [0.5, 0.6) is 0 Å². The lowest BCUT2D eigenvalue weighted by molar-refractivity contribution is -0.148. The van der Waals surface area contributed by atoms with Crippen LogP contribution in [0.25, 0.3) is 0 Å². The number of ether oxygens (including phenoxy) is 1. The van der Waals surface area contributed by atoms with Gasteiger partial charge in [0.2, 0.25) is 5.78 Å². The Morgan fingerprint density at radius 1 is 1.23 bits per heavy atom. The predicted octanol–water partition coefficient (Wildman–Crippen LogP) is 1.02. The lowest BCUT2D eigenvalue weighted by Crippen LogP contribution is -2.25. The second-order valence-electron chi connectivity index (χ2n) is 2.84. The highest BCUT2D eigenvalue weighted by Crippen LogP contribution is 2.12. The van der Waals surface area contributed by atoms with Crippen LogP contribution in [-0.4, -0.2) is 18.9 Å². The number of hydrogen-bond acceptors (Lipinski definition) is 3. The molecule has 0 heterocycles. The Labute approximate surface area is 78.5 Å². The number of rotatable bonds is 3. The van der Waals surface area contributed by atoms with Crippen molar-refractivity contribution in [3.05, 3.63) is 0 Å². The van der Waals surface area contributed by atoms with Crippen molar-refractivity contribution in [2.45, 2.75) is 20.8 Å². The first-order valence-corrected chi connectivity index (χ1v) is 4.09. The molecule has 0 aliphatic rings. The average Bonchev–Trinajstić information content (AvgIpc) is 2.14. The zero-order valence-electron chi connectivity index (χ0n) is 8.38. The molecule has 13 heavy (non-hydrogen) atoms. The van der Waals surface area contributed by atoms with Gasteiger partial charge in [0.1, 0.15) is 0 Å². The Hall–Kier alpha value is -1.30. The van der Waals surface area contributed by atoms with Gasteiger partial charge >= 0.3 is 5.97 Å². The fraction of sp³-hybridized carbons (Fsp3) is 0.600. The number of Topliss-reactive ketones (excluding diaryl/α,β-unsaturated/α-hetero) is 1. The maximum absolute atomic E-state index is 11.2. The minimum atomic E-state index is -0.432. The molecule has 0 radical (unpaired) electrons. The molecule has 0 N–H and O–H groups in total. The third kappa shape index (κ3) is 3.29. The van der Waals surface area contributed by atoms with Crippen molar-refractivity contribution in [3.63, 3.8) is 0 Å². The summed E-state index contributed by atoms with van der Waals surface area (Å²) in [5.74, 6) is 3.48. The van der Waals surface area contributed by atoms with Crippen LogP contribution in [0.4, 0.5) is 0 Å². The molecule has 0 saturated heterocycles. The van der Waals surface area contributed by atoms with E-state index in [4.69, 9.17) is 0 Å². The summed E-state index contributed by atoms with van der Waals surface area (Å²) in [4.78, 5) is 22.3. The van der Waals surface area contributed by atoms with E-state index in [9.17, 15) is 9.59 Å². The van der Waals surface area contributed by atoms with Crippen molar-refractivity contribution in [1.29, 1.82) is 0 Å². The highest BCUT2D eigenvalue weighted by atomic mass is 16.5. The molecule has 2 atom stereocenters. The van der Waals surface area contributed by atoms with E-state index in [0.717, 1.165) is 0 Å². The van der Waals surface area contributed by atoms with Crippen LogP contribution in [0.15, 0.2) is 0 Å². The molecular formula is C10H14O3. The van der Waals surface area contributed by atoms with Gasteiger partial charge in [0.15, 0.2) is 0 Å². The molecule has 0 saturated carbocycles. The van der Waals surface area contributed by atoms with Gasteiger partial charge < -0.3 is 4.74 Å². The van der Waals surface area contributed by atoms with Gasteiger partial charge in [-0.1, -0.05) is 19.8 Å². The van der Waals surface area contributed by atoms with Crippen molar-refractivity contribution in [2.24, 2.45) is 11.8 Å². The molecule has 3 nitrogen and oxygen atoms in total. The van der Waals surface area contributed by atoms with E-state index in [1.807, 2.05) is 0 Å². The number of hydrogen-bond donors (Lipinski definition) is 0. The van der Waals surface area contributed by atoms with Crippen molar-refractivity contribution in [1.82, 2.24) is 0 Å². The van der Waals surface area contributed by atoms with Gasteiger partial charge in [0, 0.05) is 5.92 Å². The Kier molecular flexibility index (Phi) is 4.83. The summed E-state index contributed by atoms with van der Waals surface area (Å²) in [5, 5.41) is 0. The van der Waals surface area contributed by atoms with Gasteiger partial charge in [-0.25, -0.2) is 0 Å². The molecule has 0 aromatic heterocycles. The Morgan fingerprint density at radius 3 is 2.15 bits per heavy atom. The van der Waals surface area contributed by atoms with E-state index in [0.29, 0.717) is 0 Å². The summed E-state index contributed by atoms with van der Waals surface area (Å²) in [7, 11) is 1.31. The van der Waals surface area contributed by atoms with Gasteiger partial charge in [0.25, 0.3) is 0 Å². The monoisotopic (exact) mass is 182 g/mol. The molecule has 0 aliphatic carbocycles. The summed E-state index contributed by atoms with van der Waals surface area (Å²) in [6, 6.07) is 0. The number of methoxy groups -OCH3 is 1. The summed E-state index contributed by atoms with van der Waals surface area (Å²) in [5.41, 5.74) is 0. The van der Waals surface area contributed by atoms with Gasteiger partial charge in [0.05, 0.1) is 13.0 Å². The quantitative estimate of drug-likeness (QED) is 0.372. The first kappa shape index (κ1) is 11.7. The number of carbonyl (C=O) groups is 2. The lowest BCUT2D eigenvalue weighted by Gasteiger charge is -2.13. The van der Waals surface area contributed by atoms with Crippen molar-refractivity contribution < 1.29 is 14.3 Å². The summed E-state index contributed by atoms with van der Waals surface area (Å²) >= 11 is 0. The molecule has 0 fully saturated rings. The van der Waals surface area contributed by atoms with E-state index in [2.05, 4.69) is 16.6 Å². The molecule has 72 valence electrons. The zero-order chi connectivity index (χ0) is 10.4. The second-order valence-corrected chi connectivity index (χ2v) is 2.84. The molecule has 3 heteroatoms. The largest absolute Gasteiger partial charge is 0.469 e. The highest BCUT2D eigenvalue weighted by molar-refractivity contribution is 5.99. The van der Waals surface area contributed by atoms with Gasteiger partial charge in [-0.05, 0) is 12.8 Å². The van der Waals surface area contributed by atoms with Crippen LogP contribution in [0.1, 0.15) is 20.8 Å². The number of esters is 1. The van der Waals surface area contributed by atoms with E-state index < -0.39 is 11.8 Å². The van der Waals surface area contributed by atoms with Crippen molar-refractivity contribution in [2.75, 3.05) is 7.11 Å². The maximum Gasteiger partial charge on any atom is 0.309 e.